The van der Waals surface area contributed by atoms with Crippen molar-refractivity contribution in [2.24, 2.45) is 0 Å². The van der Waals surface area contributed by atoms with Crippen LogP contribution in [0.4, 0.5) is 65.9 Å². The maximum atomic E-state index is 13.9. The molecule has 0 aliphatic heterocycles. The highest BCUT2D eigenvalue weighted by molar-refractivity contribution is 5.57. The van der Waals surface area contributed by atoms with Gasteiger partial charge in [0.25, 0.3) is 0 Å². The molecule has 0 aliphatic carbocycles. The second kappa shape index (κ2) is 23.2. The van der Waals surface area contributed by atoms with Gasteiger partial charge in [-0.15, -0.1) is 0 Å². The number of halogens is 15. The van der Waals surface area contributed by atoms with Gasteiger partial charge in [-0.05, 0) is 144 Å². The molecule has 0 radical (unpaired) electrons. The Kier molecular flexibility index (Phi) is 16.2. The highest BCUT2D eigenvalue weighted by atomic mass is 19.2. The highest BCUT2D eigenvalue weighted by Gasteiger charge is 2.27. The van der Waals surface area contributed by atoms with Crippen molar-refractivity contribution in [3.63, 3.8) is 0 Å². The van der Waals surface area contributed by atoms with Crippen LogP contribution in [-0.4, -0.2) is 0 Å². The van der Waals surface area contributed by atoms with Crippen LogP contribution < -0.4 is 0 Å². The molecule has 0 saturated heterocycles. The Morgan fingerprint density at radius 2 is 0.307 bits per heavy atom. The highest BCUT2D eigenvalue weighted by Crippen LogP contribution is 2.25. The normalized spacial score (nSPS) is 9.64. The van der Waals surface area contributed by atoms with Crippen molar-refractivity contribution in [3.8, 4) is 107 Å². The maximum absolute atomic E-state index is 13.9. The Balaban J connectivity index is 1.12. The van der Waals surface area contributed by atoms with Gasteiger partial charge < -0.3 is 0 Å². The topological polar surface area (TPSA) is 0 Å². The summed E-state index contributed by atoms with van der Waals surface area (Å²) in [7, 11) is 0. The van der Waals surface area contributed by atoms with E-state index in [0.717, 1.165) is 0 Å². The summed E-state index contributed by atoms with van der Waals surface area (Å²) < 4.78 is 204. The lowest BCUT2D eigenvalue weighted by atomic mass is 10.0. The summed E-state index contributed by atoms with van der Waals surface area (Å²) in [6.45, 7) is 0. The first-order chi connectivity index (χ1) is 35.9. The SMILES string of the molecule is Fc1c(F)c(F)c(C#CC#Cc2ccc(C#Cc3cc(C#Cc4ccc(C#CC#Cc5c(F)c(F)c(F)c(F)c5F)cc4)cc(C#Cc4ccc(C#CC#Cc5c(F)c(F)c(F)c(F)c5F)cc4)c3)cc2)c(F)c1F. The molecule has 0 aromatic heterocycles. The molecule has 0 spiro atoms. The van der Waals surface area contributed by atoms with E-state index in [0.29, 0.717) is 50.1 Å². The Morgan fingerprint density at radius 1 is 0.160 bits per heavy atom. The fraction of sp³-hybridized carbons (Fsp3) is 0. The van der Waals surface area contributed by atoms with Gasteiger partial charge in [0, 0.05) is 50.1 Å². The van der Waals surface area contributed by atoms with Crippen LogP contribution in [-0.2, 0) is 0 Å². The molecule has 0 fully saturated rings. The zero-order valence-corrected chi connectivity index (χ0v) is 36.8. The van der Waals surface area contributed by atoms with E-state index in [-0.39, 0.29) is 0 Å². The van der Waals surface area contributed by atoms with Crippen molar-refractivity contribution < 1.29 is 65.9 Å². The molecule has 0 N–H and O–H groups in total. The van der Waals surface area contributed by atoms with Crippen LogP contribution in [0.3, 0.4) is 0 Å². The van der Waals surface area contributed by atoms with E-state index >= 15 is 0 Å². The van der Waals surface area contributed by atoms with Crippen molar-refractivity contribution in [2.45, 2.75) is 0 Å². The molecule has 0 aliphatic rings. The van der Waals surface area contributed by atoms with E-state index in [9.17, 15) is 65.9 Å². The van der Waals surface area contributed by atoms with Gasteiger partial charge in [-0.1, -0.05) is 53.3 Å². The molecule has 0 saturated carbocycles. The second-order valence-electron chi connectivity index (χ2n) is 14.6. The van der Waals surface area contributed by atoms with Crippen molar-refractivity contribution >= 4 is 0 Å². The predicted molar refractivity (Wildman–Crippen MR) is 244 cm³/mol. The molecular formula is C60H15F15. The lowest BCUT2D eigenvalue weighted by Crippen LogP contribution is -2.04. The molecule has 15 heteroatoms. The predicted octanol–water partition coefficient (Wildman–Crippen LogP) is 12.2. The maximum Gasteiger partial charge on any atom is 0.200 e. The van der Waals surface area contributed by atoms with Gasteiger partial charge in [0.2, 0.25) is 17.5 Å². The Labute approximate surface area is 416 Å². The largest absolute Gasteiger partial charge is 0.202 e. The van der Waals surface area contributed by atoms with Gasteiger partial charge in [-0.25, -0.2) is 65.9 Å². The van der Waals surface area contributed by atoms with E-state index in [2.05, 4.69) is 88.8 Å². The van der Waals surface area contributed by atoms with Crippen LogP contribution >= 0.6 is 0 Å². The van der Waals surface area contributed by atoms with Crippen LogP contribution in [0.2, 0.25) is 0 Å². The molecule has 0 bridgehead atoms. The number of benzene rings is 7. The van der Waals surface area contributed by atoms with Gasteiger partial charge in [-0.3, -0.25) is 0 Å². The molecule has 0 atom stereocenters. The molecule has 7 aromatic carbocycles. The second-order valence-corrected chi connectivity index (χ2v) is 14.6. The van der Waals surface area contributed by atoms with Crippen LogP contribution in [0.1, 0.15) is 66.8 Å². The minimum absolute atomic E-state index is 0.362. The standard InChI is InChI=1S/C60H15F15/c61-46-43(47(62)53(68)58(73)52(46)67)10-4-1-7-34-13-19-37(20-14-34)25-28-40-31-41(29-26-38-21-15-35(16-22-38)8-2-5-11-44-48(63)54(69)59(74)55(70)49(44)64)33-42(32-40)30-27-39-23-17-36(18-24-39)9-3-6-12-45-50(65)56(71)60(75)57(72)51(45)66/h13-24,31-33H. The fourth-order valence-corrected chi connectivity index (χ4v) is 5.92. The first kappa shape index (κ1) is 52.4. The van der Waals surface area contributed by atoms with Crippen LogP contribution in [0.25, 0.3) is 0 Å². The summed E-state index contributed by atoms with van der Waals surface area (Å²) >= 11 is 0. The van der Waals surface area contributed by atoms with Gasteiger partial charge in [0.05, 0.1) is 0 Å². The minimum atomic E-state index is -2.32. The monoisotopic (exact) mass is 1020 g/mol. The van der Waals surface area contributed by atoms with Crippen LogP contribution in [0.15, 0.2) is 91.0 Å². The third-order valence-electron chi connectivity index (χ3n) is 9.64. The summed E-state index contributed by atoms with van der Waals surface area (Å²) in [5.41, 5.74) is -0.0695. The zero-order chi connectivity index (χ0) is 53.9. The summed E-state index contributed by atoms with van der Waals surface area (Å²) in [6.07, 6.45) is 0. The molecule has 0 heterocycles. The lowest BCUT2D eigenvalue weighted by Gasteiger charge is -2.01. The average molecular weight is 1020 g/mol. The number of hydrogen-bond acceptors (Lipinski definition) is 0. The van der Waals surface area contributed by atoms with Crippen LogP contribution in [0, 0.1) is 194 Å². The Bertz CT molecular complexity index is 3610. The molecule has 0 amide bonds. The molecule has 7 rings (SSSR count). The Morgan fingerprint density at radius 3 is 0.507 bits per heavy atom. The molecule has 0 unspecified atom stereocenters. The Hall–Kier alpha value is -10.5. The van der Waals surface area contributed by atoms with E-state index in [1.807, 2.05) is 17.8 Å². The summed E-state index contributed by atoms with van der Waals surface area (Å²) in [4.78, 5) is 0. The lowest BCUT2D eigenvalue weighted by molar-refractivity contribution is 0.376. The number of hydrogen-bond donors (Lipinski definition) is 0. The third-order valence-corrected chi connectivity index (χ3v) is 9.64. The number of rotatable bonds is 0. The zero-order valence-electron chi connectivity index (χ0n) is 36.8. The van der Waals surface area contributed by atoms with Gasteiger partial charge in [-0.2, -0.15) is 0 Å². The first-order valence-electron chi connectivity index (χ1n) is 20.5. The average Bonchev–Trinajstić information content (AvgIpc) is 3.42. The molecule has 75 heavy (non-hydrogen) atoms. The molecule has 7 aromatic rings. The van der Waals surface area contributed by atoms with E-state index < -0.39 is 104 Å². The summed E-state index contributed by atoms with van der Waals surface area (Å²) in [5.74, 6) is 11.9. The van der Waals surface area contributed by atoms with Gasteiger partial charge in [0.1, 0.15) is 16.7 Å². The van der Waals surface area contributed by atoms with Crippen LogP contribution in [0.5, 0.6) is 0 Å². The van der Waals surface area contributed by atoms with Crippen molar-refractivity contribution in [3.05, 3.63) is 245 Å². The van der Waals surface area contributed by atoms with E-state index in [1.165, 1.54) is 36.4 Å². The van der Waals surface area contributed by atoms with Crippen molar-refractivity contribution in [2.75, 3.05) is 0 Å². The quantitative estimate of drug-likeness (QED) is 0.0615. The third kappa shape index (κ3) is 12.4. The summed E-state index contributed by atoms with van der Waals surface area (Å²) in [5, 5.41) is 0. The van der Waals surface area contributed by atoms with E-state index in [1.54, 1.807) is 54.6 Å². The fourth-order valence-electron chi connectivity index (χ4n) is 5.92. The van der Waals surface area contributed by atoms with E-state index in [4.69, 9.17) is 0 Å². The van der Waals surface area contributed by atoms with Crippen molar-refractivity contribution in [1.82, 2.24) is 0 Å². The molecular weight excluding hydrogens is 1010 g/mol. The smallest absolute Gasteiger partial charge is 0.200 e. The summed E-state index contributed by atoms with van der Waals surface area (Å²) in [6, 6.07) is 23.7. The van der Waals surface area contributed by atoms with Gasteiger partial charge in [0.15, 0.2) is 69.8 Å². The van der Waals surface area contributed by atoms with Crippen molar-refractivity contribution in [1.29, 1.82) is 0 Å². The molecule has 0 nitrogen and oxygen atoms in total. The van der Waals surface area contributed by atoms with Gasteiger partial charge >= 0.3 is 0 Å². The minimum Gasteiger partial charge on any atom is -0.202 e. The molecule has 360 valence electrons. The first-order valence-corrected chi connectivity index (χ1v) is 20.5.